The van der Waals surface area contributed by atoms with Gasteiger partial charge in [0.25, 0.3) is 0 Å². The monoisotopic (exact) mass is 405 g/mol. The molecule has 2 aromatic carbocycles. The van der Waals surface area contributed by atoms with Crippen LogP contribution in [0.3, 0.4) is 0 Å². The third kappa shape index (κ3) is 5.98. The maximum Gasteiger partial charge on any atom is 0.244 e. The largest absolute Gasteiger partial charge is 0.490 e. The van der Waals surface area contributed by atoms with Crippen molar-refractivity contribution in [2.75, 3.05) is 13.2 Å². The fraction of sp³-hybridized carbons (Fsp3) is 0.250. The molecule has 1 amide bonds. The standard InChI is InChI=1S/C24H27N3O3/c1-3-29-22-12-10-19(16-23(22)30-4-2)11-13-24(28)25-17-20-8-5-6-9-21(20)18-27-15-7-14-26-27/h5-16H,3-4,17-18H2,1-2H3,(H,25,28)/b13-11+. The Balaban J connectivity index is 1.61. The van der Waals surface area contributed by atoms with Crippen LogP contribution in [0, 0.1) is 0 Å². The van der Waals surface area contributed by atoms with Crippen LogP contribution >= 0.6 is 0 Å². The molecule has 156 valence electrons. The number of nitrogens with zero attached hydrogens (tertiary/aromatic N) is 2. The van der Waals surface area contributed by atoms with Gasteiger partial charge in [0.1, 0.15) is 0 Å². The van der Waals surface area contributed by atoms with Gasteiger partial charge >= 0.3 is 0 Å². The van der Waals surface area contributed by atoms with Crippen LogP contribution in [0.25, 0.3) is 6.08 Å². The molecule has 0 unspecified atom stereocenters. The average molecular weight is 405 g/mol. The summed E-state index contributed by atoms with van der Waals surface area (Å²) in [5, 5.41) is 7.20. The number of ether oxygens (including phenoxy) is 2. The van der Waals surface area contributed by atoms with E-state index in [4.69, 9.17) is 9.47 Å². The van der Waals surface area contributed by atoms with E-state index in [-0.39, 0.29) is 5.91 Å². The summed E-state index contributed by atoms with van der Waals surface area (Å²) in [6.07, 6.45) is 6.98. The van der Waals surface area contributed by atoms with Crippen LogP contribution in [0.4, 0.5) is 0 Å². The lowest BCUT2D eigenvalue weighted by molar-refractivity contribution is -0.116. The lowest BCUT2D eigenvalue weighted by atomic mass is 10.1. The summed E-state index contributed by atoms with van der Waals surface area (Å²) in [6.45, 7) is 6.09. The number of hydrogen-bond donors (Lipinski definition) is 1. The number of aromatic nitrogens is 2. The molecule has 0 atom stereocenters. The van der Waals surface area contributed by atoms with Crippen molar-refractivity contribution in [3.8, 4) is 11.5 Å². The molecule has 0 aliphatic carbocycles. The molecule has 0 saturated carbocycles. The SMILES string of the molecule is CCOc1ccc(/C=C/C(=O)NCc2ccccc2Cn2cccn2)cc1OCC. The minimum absolute atomic E-state index is 0.157. The summed E-state index contributed by atoms with van der Waals surface area (Å²) in [5.74, 6) is 1.22. The van der Waals surface area contributed by atoms with Crippen LogP contribution < -0.4 is 14.8 Å². The van der Waals surface area contributed by atoms with Gasteiger partial charge < -0.3 is 14.8 Å². The van der Waals surface area contributed by atoms with Crippen molar-refractivity contribution in [3.05, 3.63) is 83.7 Å². The molecule has 0 spiro atoms. The van der Waals surface area contributed by atoms with Crippen LogP contribution in [-0.4, -0.2) is 28.9 Å². The van der Waals surface area contributed by atoms with E-state index in [0.29, 0.717) is 37.8 Å². The smallest absolute Gasteiger partial charge is 0.244 e. The molecule has 30 heavy (non-hydrogen) atoms. The summed E-state index contributed by atoms with van der Waals surface area (Å²) in [6, 6.07) is 15.6. The molecule has 0 saturated heterocycles. The molecule has 6 heteroatoms. The molecular formula is C24H27N3O3. The molecule has 3 aromatic rings. The Bertz CT molecular complexity index is 981. The summed E-state index contributed by atoms with van der Waals surface area (Å²) in [7, 11) is 0. The van der Waals surface area contributed by atoms with Gasteiger partial charge in [0, 0.05) is 25.0 Å². The van der Waals surface area contributed by atoms with Gasteiger partial charge in [0.05, 0.1) is 19.8 Å². The highest BCUT2D eigenvalue weighted by Gasteiger charge is 2.06. The lowest BCUT2D eigenvalue weighted by Crippen LogP contribution is -2.21. The zero-order valence-electron chi connectivity index (χ0n) is 17.4. The molecular weight excluding hydrogens is 378 g/mol. The molecule has 1 N–H and O–H groups in total. The number of carbonyl (C=O) groups is 1. The highest BCUT2D eigenvalue weighted by atomic mass is 16.5. The van der Waals surface area contributed by atoms with Gasteiger partial charge in [-0.1, -0.05) is 30.3 Å². The minimum atomic E-state index is -0.157. The third-order valence-corrected chi connectivity index (χ3v) is 4.46. The van der Waals surface area contributed by atoms with Gasteiger partial charge in [-0.25, -0.2) is 0 Å². The van der Waals surface area contributed by atoms with Gasteiger partial charge in [0.2, 0.25) is 5.91 Å². The second-order valence-corrected chi connectivity index (χ2v) is 6.60. The van der Waals surface area contributed by atoms with Gasteiger partial charge in [-0.2, -0.15) is 5.10 Å². The first kappa shape index (κ1) is 21.2. The van der Waals surface area contributed by atoms with E-state index in [1.54, 1.807) is 12.3 Å². The third-order valence-electron chi connectivity index (χ3n) is 4.46. The van der Waals surface area contributed by atoms with Crippen molar-refractivity contribution >= 4 is 12.0 Å². The molecule has 1 aromatic heterocycles. The Labute approximate surface area is 177 Å². The first-order valence-electron chi connectivity index (χ1n) is 10.1. The summed E-state index contributed by atoms with van der Waals surface area (Å²) in [4.78, 5) is 12.3. The van der Waals surface area contributed by atoms with E-state index < -0.39 is 0 Å². The Morgan fingerprint density at radius 2 is 1.80 bits per heavy atom. The van der Waals surface area contributed by atoms with Crippen molar-refractivity contribution in [2.24, 2.45) is 0 Å². The predicted octanol–water partition coefficient (Wildman–Crippen LogP) is 4.06. The Morgan fingerprint density at radius 1 is 1.03 bits per heavy atom. The molecule has 0 bridgehead atoms. The fourth-order valence-corrected chi connectivity index (χ4v) is 3.04. The molecule has 0 radical (unpaired) electrons. The Hall–Kier alpha value is -3.54. The van der Waals surface area contributed by atoms with Crippen LogP contribution in [-0.2, 0) is 17.9 Å². The molecule has 6 nitrogen and oxygen atoms in total. The maximum absolute atomic E-state index is 12.3. The summed E-state index contributed by atoms with van der Waals surface area (Å²) >= 11 is 0. The summed E-state index contributed by atoms with van der Waals surface area (Å²) in [5.41, 5.74) is 3.06. The Kier molecular flexibility index (Phi) is 7.66. The van der Waals surface area contributed by atoms with Gasteiger partial charge in [-0.15, -0.1) is 0 Å². The van der Waals surface area contributed by atoms with Crippen molar-refractivity contribution in [3.63, 3.8) is 0 Å². The topological polar surface area (TPSA) is 65.4 Å². The minimum Gasteiger partial charge on any atom is -0.490 e. The van der Waals surface area contributed by atoms with E-state index in [1.807, 2.05) is 73.3 Å². The zero-order chi connectivity index (χ0) is 21.2. The average Bonchev–Trinajstić information content (AvgIpc) is 3.27. The van der Waals surface area contributed by atoms with Gasteiger partial charge in [-0.3, -0.25) is 9.48 Å². The number of nitrogens with one attached hydrogen (secondary N) is 1. The predicted molar refractivity (Wildman–Crippen MR) is 117 cm³/mol. The second kappa shape index (κ2) is 10.9. The Morgan fingerprint density at radius 3 is 2.53 bits per heavy atom. The number of amides is 1. The zero-order valence-corrected chi connectivity index (χ0v) is 17.4. The van der Waals surface area contributed by atoms with Gasteiger partial charge in [-0.05, 0) is 54.8 Å². The molecule has 0 aliphatic heterocycles. The van der Waals surface area contributed by atoms with E-state index >= 15 is 0 Å². The number of benzene rings is 2. The number of hydrogen-bond acceptors (Lipinski definition) is 4. The summed E-state index contributed by atoms with van der Waals surface area (Å²) < 4.78 is 13.1. The molecule has 0 aliphatic rings. The van der Waals surface area contributed by atoms with E-state index in [0.717, 1.165) is 16.7 Å². The van der Waals surface area contributed by atoms with E-state index in [2.05, 4.69) is 10.4 Å². The first-order chi connectivity index (χ1) is 14.7. The number of carbonyl (C=O) groups excluding carboxylic acids is 1. The fourth-order valence-electron chi connectivity index (χ4n) is 3.04. The van der Waals surface area contributed by atoms with Crippen molar-refractivity contribution < 1.29 is 14.3 Å². The molecule has 3 rings (SSSR count). The second-order valence-electron chi connectivity index (χ2n) is 6.60. The lowest BCUT2D eigenvalue weighted by Gasteiger charge is -2.11. The molecule has 1 heterocycles. The van der Waals surface area contributed by atoms with Crippen molar-refractivity contribution in [1.82, 2.24) is 15.1 Å². The van der Waals surface area contributed by atoms with Crippen molar-refractivity contribution in [1.29, 1.82) is 0 Å². The highest BCUT2D eigenvalue weighted by Crippen LogP contribution is 2.29. The van der Waals surface area contributed by atoms with Crippen LogP contribution in [0.15, 0.2) is 67.0 Å². The molecule has 0 fully saturated rings. The van der Waals surface area contributed by atoms with Crippen LogP contribution in [0.5, 0.6) is 11.5 Å². The van der Waals surface area contributed by atoms with Crippen molar-refractivity contribution in [2.45, 2.75) is 26.9 Å². The maximum atomic E-state index is 12.3. The normalized spacial score (nSPS) is 10.9. The van der Waals surface area contributed by atoms with Gasteiger partial charge in [0.15, 0.2) is 11.5 Å². The van der Waals surface area contributed by atoms with Crippen LogP contribution in [0.1, 0.15) is 30.5 Å². The van der Waals surface area contributed by atoms with Crippen LogP contribution in [0.2, 0.25) is 0 Å². The van der Waals surface area contributed by atoms with E-state index in [1.165, 1.54) is 6.08 Å². The number of rotatable bonds is 10. The highest BCUT2D eigenvalue weighted by molar-refractivity contribution is 5.91. The van der Waals surface area contributed by atoms with E-state index in [9.17, 15) is 4.79 Å². The quantitative estimate of drug-likeness (QED) is 0.517. The first-order valence-corrected chi connectivity index (χ1v) is 10.1.